The van der Waals surface area contributed by atoms with Gasteiger partial charge in [0.25, 0.3) is 0 Å². The number of ketones is 2. The Morgan fingerprint density at radius 3 is 2.48 bits per heavy atom. The molecule has 0 aliphatic carbocycles. The number of rotatable bonds is 9. The van der Waals surface area contributed by atoms with Gasteiger partial charge in [0.15, 0.2) is 11.6 Å². The number of carbonyl (C=O) groups excluding carboxylic acids is 2. The normalized spacial score (nSPS) is 15.8. The van der Waals surface area contributed by atoms with Crippen LogP contribution in [0.3, 0.4) is 0 Å². The number of thioether (sulfide) groups is 1. The van der Waals surface area contributed by atoms with Crippen molar-refractivity contribution in [1.29, 1.82) is 0 Å². The number of carbonyl (C=O) groups is 2. The zero-order chi connectivity index (χ0) is 18.3. The number of allylic oxidation sites excluding steroid dienone is 1. The van der Waals surface area contributed by atoms with Crippen molar-refractivity contribution >= 4 is 23.3 Å². The van der Waals surface area contributed by atoms with E-state index in [4.69, 9.17) is 4.74 Å². The van der Waals surface area contributed by atoms with Crippen molar-refractivity contribution in [2.24, 2.45) is 0 Å². The van der Waals surface area contributed by atoms with Crippen molar-refractivity contribution < 1.29 is 14.3 Å². The molecule has 0 amide bonds. The Bertz CT molecular complexity index is 604. The number of nitrogens with zero attached hydrogens (tertiary/aromatic N) is 1. The Hall–Kier alpha value is -1.43. The Morgan fingerprint density at radius 2 is 1.88 bits per heavy atom. The highest BCUT2D eigenvalue weighted by Gasteiger charge is 2.35. The number of morpholine rings is 1. The summed E-state index contributed by atoms with van der Waals surface area (Å²) >= 11 is 1.70. The smallest absolute Gasteiger partial charge is 0.182 e. The lowest BCUT2D eigenvalue weighted by Gasteiger charge is -2.39. The van der Waals surface area contributed by atoms with E-state index in [0.29, 0.717) is 19.6 Å². The van der Waals surface area contributed by atoms with Crippen LogP contribution in [0.5, 0.6) is 0 Å². The topological polar surface area (TPSA) is 46.6 Å². The number of ether oxygens (including phenoxy) is 1. The van der Waals surface area contributed by atoms with Crippen LogP contribution in [0, 0.1) is 0 Å². The van der Waals surface area contributed by atoms with E-state index in [1.807, 2.05) is 38.1 Å². The van der Waals surface area contributed by atoms with Crippen molar-refractivity contribution in [3.8, 4) is 0 Å². The van der Waals surface area contributed by atoms with E-state index >= 15 is 0 Å². The second-order valence-electron chi connectivity index (χ2n) is 6.63. The van der Waals surface area contributed by atoms with Gasteiger partial charge in [0.05, 0.1) is 18.8 Å². The average molecular weight is 362 g/mol. The highest BCUT2D eigenvalue weighted by atomic mass is 32.2. The van der Waals surface area contributed by atoms with Crippen LogP contribution in [-0.2, 0) is 9.53 Å². The summed E-state index contributed by atoms with van der Waals surface area (Å²) in [6, 6.07) is 7.79. The minimum Gasteiger partial charge on any atom is -0.379 e. The van der Waals surface area contributed by atoms with Gasteiger partial charge >= 0.3 is 0 Å². The monoisotopic (exact) mass is 361 g/mol. The molecule has 0 unspecified atom stereocenters. The summed E-state index contributed by atoms with van der Waals surface area (Å²) < 4.78 is 5.38. The number of benzene rings is 1. The van der Waals surface area contributed by atoms with E-state index in [1.54, 1.807) is 11.8 Å². The zero-order valence-corrected chi connectivity index (χ0v) is 15.9. The summed E-state index contributed by atoms with van der Waals surface area (Å²) in [5.74, 6) is 1.11. The zero-order valence-electron chi connectivity index (χ0n) is 15.1. The van der Waals surface area contributed by atoms with Gasteiger partial charge in [-0.3, -0.25) is 14.5 Å². The van der Waals surface area contributed by atoms with E-state index in [9.17, 15) is 9.59 Å². The van der Waals surface area contributed by atoms with Gasteiger partial charge in [-0.15, -0.1) is 11.8 Å². The van der Waals surface area contributed by atoms with Crippen molar-refractivity contribution in [3.05, 3.63) is 42.5 Å². The molecule has 1 aromatic rings. The number of Topliss-reactive ketones (excluding diaryl/α,β-unsaturated/α-hetero) is 1. The summed E-state index contributed by atoms with van der Waals surface area (Å²) in [4.78, 5) is 27.4. The molecule has 0 atom stereocenters. The van der Waals surface area contributed by atoms with E-state index in [2.05, 4.69) is 11.5 Å². The lowest BCUT2D eigenvalue weighted by Crippen LogP contribution is -2.54. The highest BCUT2D eigenvalue weighted by molar-refractivity contribution is 7.99. The van der Waals surface area contributed by atoms with Crippen LogP contribution in [0.1, 0.15) is 37.0 Å². The Kier molecular flexibility index (Phi) is 7.41. The van der Waals surface area contributed by atoms with Gasteiger partial charge in [-0.2, -0.15) is 0 Å². The molecule has 0 aromatic heterocycles. The molecule has 0 saturated carbocycles. The lowest BCUT2D eigenvalue weighted by atomic mass is 9.91. The van der Waals surface area contributed by atoms with E-state index < -0.39 is 5.54 Å². The summed E-state index contributed by atoms with van der Waals surface area (Å²) in [6.07, 6.45) is 2.75. The van der Waals surface area contributed by atoms with Gasteiger partial charge < -0.3 is 4.74 Å². The molecule has 0 spiro atoms. The highest BCUT2D eigenvalue weighted by Crippen LogP contribution is 2.25. The molecule has 1 aromatic carbocycles. The molecule has 5 heteroatoms. The lowest BCUT2D eigenvalue weighted by molar-refractivity contribution is -0.114. The summed E-state index contributed by atoms with van der Waals surface area (Å²) in [7, 11) is 0. The predicted molar refractivity (Wildman–Crippen MR) is 102 cm³/mol. The third kappa shape index (κ3) is 5.53. The summed E-state index contributed by atoms with van der Waals surface area (Å²) in [5, 5.41) is 0. The Balaban J connectivity index is 1.90. The summed E-state index contributed by atoms with van der Waals surface area (Å²) in [5.41, 5.74) is 0.214. The van der Waals surface area contributed by atoms with E-state index in [1.165, 1.54) is 6.08 Å². The predicted octanol–water partition coefficient (Wildman–Crippen LogP) is 3.61. The van der Waals surface area contributed by atoms with Crippen LogP contribution >= 0.6 is 11.8 Å². The standard InChI is InChI=1S/C20H27NO3S/c1-4-17(22)6-5-15-25-18-9-7-16(8-10-18)19(23)20(2,3)21-11-13-24-14-12-21/h4,7-10H,1,5-6,11-15H2,2-3H3. The molecule has 0 radical (unpaired) electrons. The van der Waals surface area contributed by atoms with Crippen molar-refractivity contribution in [3.63, 3.8) is 0 Å². The molecule has 25 heavy (non-hydrogen) atoms. The van der Waals surface area contributed by atoms with Crippen LogP contribution in [0.2, 0.25) is 0 Å². The van der Waals surface area contributed by atoms with Gasteiger partial charge in [0.1, 0.15) is 0 Å². The average Bonchev–Trinajstić information content (AvgIpc) is 2.65. The van der Waals surface area contributed by atoms with Crippen molar-refractivity contribution in [1.82, 2.24) is 4.90 Å². The maximum absolute atomic E-state index is 12.9. The van der Waals surface area contributed by atoms with Crippen LogP contribution in [0.25, 0.3) is 0 Å². The first-order chi connectivity index (χ1) is 11.9. The van der Waals surface area contributed by atoms with E-state index in [0.717, 1.165) is 35.7 Å². The summed E-state index contributed by atoms with van der Waals surface area (Å²) in [6.45, 7) is 10.4. The first-order valence-corrected chi connectivity index (χ1v) is 9.69. The molecule has 4 nitrogen and oxygen atoms in total. The third-order valence-corrected chi connectivity index (χ3v) is 5.64. The number of hydrogen-bond donors (Lipinski definition) is 0. The first-order valence-electron chi connectivity index (χ1n) is 8.71. The second kappa shape index (κ2) is 9.32. The van der Waals surface area contributed by atoms with Crippen molar-refractivity contribution in [2.75, 3.05) is 32.1 Å². The molecule has 1 aliphatic rings. The fraction of sp³-hybridized carbons (Fsp3) is 0.500. The molecule has 1 aliphatic heterocycles. The number of hydrogen-bond acceptors (Lipinski definition) is 5. The second-order valence-corrected chi connectivity index (χ2v) is 7.80. The molecule has 1 heterocycles. The molecule has 0 bridgehead atoms. The molecule has 0 N–H and O–H groups in total. The van der Waals surface area contributed by atoms with Crippen molar-refractivity contribution in [2.45, 2.75) is 37.1 Å². The van der Waals surface area contributed by atoms with Gasteiger partial charge in [-0.1, -0.05) is 18.7 Å². The molecule has 136 valence electrons. The molecule has 2 rings (SSSR count). The quantitative estimate of drug-likeness (QED) is 0.291. The fourth-order valence-corrected chi connectivity index (χ4v) is 3.71. The maximum atomic E-state index is 12.9. The van der Waals surface area contributed by atoms with E-state index in [-0.39, 0.29) is 11.6 Å². The van der Waals surface area contributed by atoms with Crippen LogP contribution in [-0.4, -0.2) is 54.1 Å². The van der Waals surface area contributed by atoms with Gasteiger partial charge in [-0.05, 0) is 44.2 Å². The SMILES string of the molecule is C=CC(=O)CCCSc1ccc(C(=O)C(C)(C)N2CCOCC2)cc1. The first kappa shape index (κ1) is 19.9. The molecule has 1 saturated heterocycles. The van der Waals surface area contributed by atoms with Gasteiger partial charge in [0.2, 0.25) is 0 Å². The largest absolute Gasteiger partial charge is 0.379 e. The maximum Gasteiger partial charge on any atom is 0.182 e. The minimum absolute atomic E-state index is 0.0897. The van der Waals surface area contributed by atoms with Gasteiger partial charge in [-0.25, -0.2) is 0 Å². The Labute approximate surface area is 154 Å². The van der Waals surface area contributed by atoms with Crippen LogP contribution < -0.4 is 0 Å². The minimum atomic E-state index is -0.524. The van der Waals surface area contributed by atoms with Gasteiger partial charge in [0, 0.05) is 30.0 Å². The molecular formula is C20H27NO3S. The Morgan fingerprint density at radius 1 is 1.24 bits per heavy atom. The molecular weight excluding hydrogens is 334 g/mol. The third-order valence-electron chi connectivity index (χ3n) is 4.54. The molecule has 1 fully saturated rings. The van der Waals surface area contributed by atoms with Crippen LogP contribution in [0.4, 0.5) is 0 Å². The fourth-order valence-electron chi connectivity index (χ4n) is 2.86. The van der Waals surface area contributed by atoms with Crippen LogP contribution in [0.15, 0.2) is 41.8 Å².